The van der Waals surface area contributed by atoms with Gasteiger partial charge in [-0.1, -0.05) is 44.0 Å². The van der Waals surface area contributed by atoms with E-state index in [1.165, 1.54) is 56.4 Å². The maximum atomic E-state index is 9.86. The van der Waals surface area contributed by atoms with Crippen molar-refractivity contribution in [3.05, 3.63) is 35.4 Å². The van der Waals surface area contributed by atoms with Gasteiger partial charge in [0.2, 0.25) is 0 Å². The normalized spacial score (nSPS) is 26.6. The van der Waals surface area contributed by atoms with Crippen LogP contribution >= 0.6 is 0 Å². The van der Waals surface area contributed by atoms with Crippen molar-refractivity contribution in [2.45, 2.75) is 45.6 Å². The highest BCUT2D eigenvalue weighted by atomic mass is 16.3. The molecule has 2 heterocycles. The minimum atomic E-state index is 0.338. The molecule has 0 aliphatic carbocycles. The van der Waals surface area contributed by atoms with Crippen LogP contribution in [0.25, 0.3) is 0 Å². The molecule has 0 saturated carbocycles. The fourth-order valence-corrected chi connectivity index (χ4v) is 4.53. The van der Waals surface area contributed by atoms with Gasteiger partial charge in [0, 0.05) is 32.8 Å². The quantitative estimate of drug-likeness (QED) is 0.868. The average molecular weight is 331 g/mol. The van der Waals surface area contributed by atoms with E-state index in [-0.39, 0.29) is 0 Å². The lowest BCUT2D eigenvalue weighted by Crippen LogP contribution is -2.34. The Kier molecular flexibility index (Phi) is 6.70. The molecule has 24 heavy (non-hydrogen) atoms. The molecule has 0 amide bonds. The van der Waals surface area contributed by atoms with E-state index in [2.05, 4.69) is 41.0 Å². The van der Waals surface area contributed by atoms with Crippen LogP contribution in [0.2, 0.25) is 0 Å². The Morgan fingerprint density at radius 1 is 0.917 bits per heavy atom. The summed E-state index contributed by atoms with van der Waals surface area (Å²) >= 11 is 0. The van der Waals surface area contributed by atoms with Crippen LogP contribution in [-0.4, -0.2) is 54.2 Å². The van der Waals surface area contributed by atoms with E-state index in [9.17, 15) is 5.11 Å². The minimum Gasteiger partial charge on any atom is -0.396 e. The number of likely N-dealkylation sites (tertiary alicyclic amines) is 2. The molecule has 134 valence electrons. The summed E-state index contributed by atoms with van der Waals surface area (Å²) in [5.41, 5.74) is 2.93. The van der Waals surface area contributed by atoms with Crippen LogP contribution in [0.5, 0.6) is 0 Å². The number of benzene rings is 1. The fraction of sp³-hybridized carbons (Fsp3) is 0.714. The molecule has 0 spiro atoms. The van der Waals surface area contributed by atoms with Gasteiger partial charge in [0.25, 0.3) is 0 Å². The van der Waals surface area contributed by atoms with Crippen molar-refractivity contribution in [2.75, 3.05) is 39.3 Å². The molecular weight excluding hydrogens is 296 g/mol. The lowest BCUT2D eigenvalue weighted by Gasteiger charge is -2.26. The van der Waals surface area contributed by atoms with Crippen molar-refractivity contribution in [1.29, 1.82) is 0 Å². The van der Waals surface area contributed by atoms with Gasteiger partial charge < -0.3 is 10.0 Å². The third-order valence-electron chi connectivity index (χ3n) is 5.97. The standard InChI is InChI=1S/C21H34N2O/c1-2-18-9-5-6-10-19(18)13-23-15-20(21(16-23)17-24)14-22-11-7-3-4-8-12-22/h5-6,9-10,20-21,24H,2-4,7-8,11-17H2,1H3/t20-,21-/m1/s1. The smallest absolute Gasteiger partial charge is 0.0475 e. The Labute approximate surface area is 147 Å². The summed E-state index contributed by atoms with van der Waals surface area (Å²) in [6, 6.07) is 8.83. The van der Waals surface area contributed by atoms with Gasteiger partial charge in [0.1, 0.15) is 0 Å². The molecule has 1 aromatic carbocycles. The van der Waals surface area contributed by atoms with Gasteiger partial charge >= 0.3 is 0 Å². The SMILES string of the molecule is CCc1ccccc1CN1C[C@@H](CN2CCCCCC2)[C@@H](CO)C1. The van der Waals surface area contributed by atoms with Gasteiger partial charge in [-0.05, 0) is 55.3 Å². The second-order valence-electron chi connectivity index (χ2n) is 7.73. The number of aryl methyl sites for hydroxylation is 1. The predicted octanol–water partition coefficient (Wildman–Crippen LogP) is 3.17. The van der Waals surface area contributed by atoms with Crippen molar-refractivity contribution < 1.29 is 5.11 Å². The molecule has 2 aliphatic rings. The number of nitrogens with zero attached hydrogens (tertiary/aromatic N) is 2. The summed E-state index contributed by atoms with van der Waals surface area (Å²) < 4.78 is 0. The lowest BCUT2D eigenvalue weighted by atomic mass is 9.96. The van der Waals surface area contributed by atoms with Crippen molar-refractivity contribution in [1.82, 2.24) is 9.80 Å². The first-order valence-corrected chi connectivity index (χ1v) is 9.92. The summed E-state index contributed by atoms with van der Waals surface area (Å²) in [7, 11) is 0. The highest BCUT2D eigenvalue weighted by molar-refractivity contribution is 5.27. The molecular formula is C21H34N2O. The third-order valence-corrected chi connectivity index (χ3v) is 5.97. The zero-order chi connectivity index (χ0) is 16.8. The Morgan fingerprint density at radius 2 is 1.58 bits per heavy atom. The van der Waals surface area contributed by atoms with Gasteiger partial charge in [0.15, 0.2) is 0 Å². The van der Waals surface area contributed by atoms with Crippen LogP contribution in [0, 0.1) is 11.8 Å². The Bertz CT molecular complexity index is 496. The average Bonchev–Trinajstić information content (AvgIpc) is 2.80. The first-order valence-electron chi connectivity index (χ1n) is 9.92. The number of aliphatic hydroxyl groups excluding tert-OH is 1. The van der Waals surface area contributed by atoms with E-state index in [4.69, 9.17) is 0 Å². The van der Waals surface area contributed by atoms with Gasteiger partial charge in [-0.15, -0.1) is 0 Å². The maximum Gasteiger partial charge on any atom is 0.0475 e. The first kappa shape index (κ1) is 17.9. The van der Waals surface area contributed by atoms with Crippen LogP contribution < -0.4 is 0 Å². The molecule has 3 nitrogen and oxygen atoms in total. The molecule has 2 fully saturated rings. The zero-order valence-corrected chi connectivity index (χ0v) is 15.3. The Balaban J connectivity index is 1.59. The molecule has 0 aromatic heterocycles. The van der Waals surface area contributed by atoms with E-state index in [1.807, 2.05) is 0 Å². The number of rotatable bonds is 6. The molecule has 0 bridgehead atoms. The lowest BCUT2D eigenvalue weighted by molar-refractivity contribution is 0.165. The van der Waals surface area contributed by atoms with E-state index in [0.29, 0.717) is 18.4 Å². The first-order chi connectivity index (χ1) is 11.8. The van der Waals surface area contributed by atoms with Gasteiger partial charge in [-0.25, -0.2) is 0 Å². The molecule has 1 aromatic rings. The van der Waals surface area contributed by atoms with Crippen LogP contribution in [0.1, 0.15) is 43.7 Å². The summed E-state index contributed by atoms with van der Waals surface area (Å²) in [5, 5.41) is 9.86. The molecule has 2 aliphatic heterocycles. The molecule has 3 heteroatoms. The summed E-state index contributed by atoms with van der Waals surface area (Å²) in [6.07, 6.45) is 6.59. The second kappa shape index (κ2) is 8.98. The minimum absolute atomic E-state index is 0.338. The van der Waals surface area contributed by atoms with Crippen LogP contribution in [0.15, 0.2) is 24.3 Å². The third kappa shape index (κ3) is 4.59. The fourth-order valence-electron chi connectivity index (χ4n) is 4.53. The van der Waals surface area contributed by atoms with E-state index in [1.54, 1.807) is 0 Å². The highest BCUT2D eigenvalue weighted by Crippen LogP contribution is 2.27. The summed E-state index contributed by atoms with van der Waals surface area (Å²) in [4.78, 5) is 5.22. The topological polar surface area (TPSA) is 26.7 Å². The van der Waals surface area contributed by atoms with Gasteiger partial charge in [0.05, 0.1) is 0 Å². The molecule has 2 saturated heterocycles. The van der Waals surface area contributed by atoms with Crippen molar-refractivity contribution in [2.24, 2.45) is 11.8 Å². The van der Waals surface area contributed by atoms with Gasteiger partial charge in [-0.2, -0.15) is 0 Å². The van der Waals surface area contributed by atoms with Crippen LogP contribution in [0.4, 0.5) is 0 Å². The Hall–Kier alpha value is -0.900. The highest BCUT2D eigenvalue weighted by Gasteiger charge is 2.33. The number of hydrogen-bond acceptors (Lipinski definition) is 3. The molecule has 0 radical (unpaired) electrons. The van der Waals surface area contributed by atoms with Crippen molar-refractivity contribution in [3.63, 3.8) is 0 Å². The zero-order valence-electron chi connectivity index (χ0n) is 15.3. The maximum absolute atomic E-state index is 9.86. The Morgan fingerprint density at radius 3 is 2.25 bits per heavy atom. The monoisotopic (exact) mass is 330 g/mol. The van der Waals surface area contributed by atoms with E-state index >= 15 is 0 Å². The predicted molar refractivity (Wildman–Crippen MR) is 100 cm³/mol. The molecule has 2 atom stereocenters. The van der Waals surface area contributed by atoms with E-state index < -0.39 is 0 Å². The van der Waals surface area contributed by atoms with Gasteiger partial charge in [-0.3, -0.25) is 4.90 Å². The van der Waals surface area contributed by atoms with Crippen molar-refractivity contribution >= 4 is 0 Å². The number of aliphatic hydroxyl groups is 1. The van der Waals surface area contributed by atoms with Crippen LogP contribution in [0.3, 0.4) is 0 Å². The van der Waals surface area contributed by atoms with E-state index in [0.717, 1.165) is 26.1 Å². The molecule has 3 rings (SSSR count). The summed E-state index contributed by atoms with van der Waals surface area (Å²) in [5.74, 6) is 1.07. The second-order valence-corrected chi connectivity index (χ2v) is 7.73. The van der Waals surface area contributed by atoms with Crippen molar-refractivity contribution in [3.8, 4) is 0 Å². The number of hydrogen-bond donors (Lipinski definition) is 1. The molecule has 1 N–H and O–H groups in total. The molecule has 0 unspecified atom stereocenters. The summed E-state index contributed by atoms with van der Waals surface area (Å²) in [6.45, 7) is 9.49. The largest absolute Gasteiger partial charge is 0.396 e. The van der Waals surface area contributed by atoms with Crippen LogP contribution in [-0.2, 0) is 13.0 Å².